The molecule has 1 aromatic heterocycles. The molecule has 5 nitrogen and oxygen atoms in total. The first-order valence-corrected chi connectivity index (χ1v) is 12.0. The highest BCUT2D eigenvalue weighted by Crippen LogP contribution is 2.32. The van der Waals surface area contributed by atoms with Crippen molar-refractivity contribution in [3.63, 3.8) is 0 Å². The van der Waals surface area contributed by atoms with Crippen molar-refractivity contribution in [2.24, 2.45) is 11.8 Å². The molecule has 1 aliphatic heterocycles. The number of phenolic OH excluding ortho intramolecular Hbond substituents is 1. The summed E-state index contributed by atoms with van der Waals surface area (Å²) in [6.45, 7) is 11.6. The first-order chi connectivity index (χ1) is 15.4. The minimum absolute atomic E-state index is 0.0363. The monoisotopic (exact) mass is 433 g/mol. The van der Waals surface area contributed by atoms with Crippen LogP contribution >= 0.6 is 0 Å². The molecular formula is C27H35N3O2. The van der Waals surface area contributed by atoms with Crippen LogP contribution in [0.15, 0.2) is 47.3 Å². The zero-order valence-electron chi connectivity index (χ0n) is 19.7. The van der Waals surface area contributed by atoms with Crippen LogP contribution in [0.2, 0.25) is 0 Å². The summed E-state index contributed by atoms with van der Waals surface area (Å²) in [5, 5.41) is 10.5. The lowest BCUT2D eigenvalue weighted by atomic mass is 9.90. The molecule has 2 aromatic carbocycles. The number of nitrogens with zero attached hydrogens (tertiary/aromatic N) is 3. The van der Waals surface area contributed by atoms with Crippen molar-refractivity contribution in [1.29, 1.82) is 0 Å². The number of fused-ring (bicyclic) bond motifs is 1. The number of phenols is 1. The van der Waals surface area contributed by atoms with Crippen LogP contribution in [0.5, 0.6) is 5.75 Å². The molecule has 4 rings (SSSR count). The fourth-order valence-electron chi connectivity index (χ4n) is 5.38. The first-order valence-electron chi connectivity index (χ1n) is 12.0. The summed E-state index contributed by atoms with van der Waals surface area (Å²) in [4.78, 5) is 21.1. The van der Waals surface area contributed by atoms with Crippen LogP contribution in [0.25, 0.3) is 22.0 Å². The summed E-state index contributed by atoms with van der Waals surface area (Å²) in [5.41, 5.74) is 2.63. The molecule has 0 radical (unpaired) electrons. The fourth-order valence-corrected chi connectivity index (χ4v) is 5.38. The third kappa shape index (κ3) is 4.44. The molecule has 0 saturated carbocycles. The normalized spacial score (nSPS) is 20.5. The van der Waals surface area contributed by atoms with Gasteiger partial charge in [0.15, 0.2) is 0 Å². The van der Waals surface area contributed by atoms with Crippen LogP contribution in [0, 0.1) is 11.8 Å². The molecule has 170 valence electrons. The van der Waals surface area contributed by atoms with E-state index in [1.807, 2.05) is 41.8 Å². The Balaban J connectivity index is 1.85. The van der Waals surface area contributed by atoms with Crippen LogP contribution in [-0.2, 0) is 6.54 Å². The number of benzene rings is 2. The Hall–Kier alpha value is -2.66. The van der Waals surface area contributed by atoms with Crippen LogP contribution in [0.4, 0.5) is 0 Å². The molecule has 0 aliphatic carbocycles. The van der Waals surface area contributed by atoms with Crippen LogP contribution in [-0.4, -0.2) is 32.6 Å². The van der Waals surface area contributed by atoms with E-state index in [0.29, 0.717) is 23.8 Å². The number of likely N-dealkylation sites (tertiary alicyclic amines) is 1. The average molecular weight is 434 g/mol. The Kier molecular flexibility index (Phi) is 6.66. The van der Waals surface area contributed by atoms with E-state index in [4.69, 9.17) is 4.98 Å². The number of hydrogen-bond donors (Lipinski definition) is 1. The SMILES string of the molecule is CCCC(c1nc2cc(-c3cccc(O)c3)ccc2c(=O)n1CC)N1C[C@H](C)C[C@H](C)C1. The Morgan fingerprint density at radius 3 is 2.44 bits per heavy atom. The minimum Gasteiger partial charge on any atom is -0.508 e. The van der Waals surface area contributed by atoms with Gasteiger partial charge in [-0.05, 0) is 67.0 Å². The summed E-state index contributed by atoms with van der Waals surface area (Å²) >= 11 is 0. The summed E-state index contributed by atoms with van der Waals surface area (Å²) in [5.74, 6) is 2.42. The van der Waals surface area contributed by atoms with E-state index in [-0.39, 0.29) is 17.4 Å². The third-order valence-electron chi connectivity index (χ3n) is 6.68. The molecule has 3 aromatic rings. The first kappa shape index (κ1) is 22.5. The van der Waals surface area contributed by atoms with Gasteiger partial charge in [-0.15, -0.1) is 0 Å². The van der Waals surface area contributed by atoms with E-state index in [0.717, 1.165) is 48.4 Å². The van der Waals surface area contributed by atoms with E-state index in [1.54, 1.807) is 12.1 Å². The van der Waals surface area contributed by atoms with Gasteiger partial charge in [0.2, 0.25) is 0 Å². The topological polar surface area (TPSA) is 58.4 Å². The van der Waals surface area contributed by atoms with Gasteiger partial charge in [-0.25, -0.2) is 4.98 Å². The Morgan fingerprint density at radius 1 is 1.06 bits per heavy atom. The smallest absolute Gasteiger partial charge is 0.261 e. The molecule has 0 amide bonds. The maximum Gasteiger partial charge on any atom is 0.261 e. The van der Waals surface area contributed by atoms with E-state index in [9.17, 15) is 9.90 Å². The minimum atomic E-state index is 0.0363. The maximum absolute atomic E-state index is 13.5. The summed E-state index contributed by atoms with van der Waals surface area (Å²) in [6, 6.07) is 13.1. The lowest BCUT2D eigenvalue weighted by molar-refractivity contribution is 0.0836. The van der Waals surface area contributed by atoms with E-state index < -0.39 is 0 Å². The van der Waals surface area contributed by atoms with Crippen LogP contribution in [0.3, 0.4) is 0 Å². The van der Waals surface area contributed by atoms with Gasteiger partial charge in [-0.2, -0.15) is 0 Å². The zero-order valence-corrected chi connectivity index (χ0v) is 19.7. The second kappa shape index (κ2) is 9.45. The Bertz CT molecular complexity index is 1140. The largest absolute Gasteiger partial charge is 0.508 e. The highest BCUT2D eigenvalue weighted by molar-refractivity contribution is 5.84. The second-order valence-electron chi connectivity index (χ2n) is 9.51. The van der Waals surface area contributed by atoms with Gasteiger partial charge < -0.3 is 5.11 Å². The van der Waals surface area contributed by atoms with Crippen molar-refractivity contribution < 1.29 is 5.11 Å². The molecule has 5 heteroatoms. The zero-order chi connectivity index (χ0) is 22.8. The Labute approximate surface area is 190 Å². The second-order valence-corrected chi connectivity index (χ2v) is 9.51. The van der Waals surface area contributed by atoms with Crippen molar-refractivity contribution in [3.05, 3.63) is 58.6 Å². The van der Waals surface area contributed by atoms with Crippen molar-refractivity contribution in [1.82, 2.24) is 14.5 Å². The van der Waals surface area contributed by atoms with Gasteiger partial charge in [0.1, 0.15) is 11.6 Å². The molecule has 1 unspecified atom stereocenters. The molecule has 1 aliphatic rings. The molecule has 0 spiro atoms. The van der Waals surface area contributed by atoms with Gasteiger partial charge in [-0.3, -0.25) is 14.3 Å². The molecule has 1 saturated heterocycles. The van der Waals surface area contributed by atoms with Crippen LogP contribution < -0.4 is 5.56 Å². The van der Waals surface area contributed by atoms with Crippen molar-refractivity contribution in [2.75, 3.05) is 13.1 Å². The van der Waals surface area contributed by atoms with Crippen LogP contribution in [0.1, 0.15) is 58.8 Å². The maximum atomic E-state index is 13.5. The lowest BCUT2D eigenvalue weighted by Crippen LogP contribution is -2.43. The van der Waals surface area contributed by atoms with Crippen molar-refractivity contribution in [3.8, 4) is 16.9 Å². The molecule has 2 heterocycles. The lowest BCUT2D eigenvalue weighted by Gasteiger charge is -2.40. The van der Waals surface area contributed by atoms with Gasteiger partial charge >= 0.3 is 0 Å². The molecule has 1 N–H and O–H groups in total. The van der Waals surface area contributed by atoms with Gasteiger partial charge in [0.25, 0.3) is 5.56 Å². The number of aromatic hydroxyl groups is 1. The van der Waals surface area contributed by atoms with Gasteiger partial charge in [-0.1, -0.05) is 45.4 Å². The summed E-state index contributed by atoms with van der Waals surface area (Å²) < 4.78 is 1.88. The van der Waals surface area contributed by atoms with E-state index in [2.05, 4.69) is 25.7 Å². The third-order valence-corrected chi connectivity index (χ3v) is 6.68. The molecule has 0 bridgehead atoms. The van der Waals surface area contributed by atoms with E-state index >= 15 is 0 Å². The predicted molar refractivity (Wildman–Crippen MR) is 131 cm³/mol. The quantitative estimate of drug-likeness (QED) is 0.549. The number of piperidine rings is 1. The van der Waals surface area contributed by atoms with Gasteiger partial charge in [0, 0.05) is 19.6 Å². The molecule has 3 atom stereocenters. The number of rotatable bonds is 6. The highest BCUT2D eigenvalue weighted by atomic mass is 16.3. The summed E-state index contributed by atoms with van der Waals surface area (Å²) in [7, 11) is 0. The average Bonchev–Trinajstić information content (AvgIpc) is 2.76. The molecule has 32 heavy (non-hydrogen) atoms. The van der Waals surface area contributed by atoms with Gasteiger partial charge in [0.05, 0.1) is 16.9 Å². The number of aromatic nitrogens is 2. The van der Waals surface area contributed by atoms with Crippen molar-refractivity contribution >= 4 is 10.9 Å². The molecule has 1 fully saturated rings. The standard InChI is InChI=1S/C27H35N3O2/c1-5-8-25(29-16-18(3)13-19(4)17-29)26-28-24-15-21(20-9-7-10-22(31)14-20)11-12-23(24)27(32)30(26)6-2/h7,9-12,14-15,18-19,25,31H,5-6,8,13,16-17H2,1-4H3/t18-,19+,25?. The Morgan fingerprint density at radius 2 is 1.78 bits per heavy atom. The highest BCUT2D eigenvalue weighted by Gasteiger charge is 2.31. The number of hydrogen-bond acceptors (Lipinski definition) is 4. The predicted octanol–water partition coefficient (Wildman–Crippen LogP) is 5.61. The van der Waals surface area contributed by atoms with Crippen molar-refractivity contribution in [2.45, 2.75) is 59.5 Å². The molecular weight excluding hydrogens is 398 g/mol. The summed E-state index contributed by atoms with van der Waals surface area (Å²) in [6.07, 6.45) is 3.29. The fraction of sp³-hybridized carbons (Fsp3) is 0.481. The van der Waals surface area contributed by atoms with E-state index in [1.165, 1.54) is 6.42 Å².